The van der Waals surface area contributed by atoms with Gasteiger partial charge in [0.1, 0.15) is 29.6 Å². The third-order valence-corrected chi connectivity index (χ3v) is 8.51. The van der Waals surface area contributed by atoms with Crippen molar-refractivity contribution in [3.05, 3.63) is 53.0 Å². The molecule has 1 amide bonds. The van der Waals surface area contributed by atoms with Gasteiger partial charge in [0, 0.05) is 49.4 Å². The summed E-state index contributed by atoms with van der Waals surface area (Å²) in [5, 5.41) is 3.03. The fourth-order valence-electron chi connectivity index (χ4n) is 6.12. The van der Waals surface area contributed by atoms with Crippen LogP contribution in [0, 0.1) is 5.82 Å². The van der Waals surface area contributed by atoms with Gasteiger partial charge in [-0.1, -0.05) is 18.5 Å². The van der Waals surface area contributed by atoms with Gasteiger partial charge >= 0.3 is 0 Å². The first kappa shape index (κ1) is 25.2. The number of rotatable bonds is 7. The zero-order valence-electron chi connectivity index (χ0n) is 21.7. The first-order chi connectivity index (χ1) is 18.5. The molecule has 1 N–H and O–H groups in total. The zero-order chi connectivity index (χ0) is 26.2. The number of aromatic nitrogens is 4. The van der Waals surface area contributed by atoms with E-state index in [-0.39, 0.29) is 16.8 Å². The Morgan fingerprint density at radius 3 is 2.63 bits per heavy atom. The van der Waals surface area contributed by atoms with Crippen LogP contribution in [-0.2, 0) is 11.3 Å². The number of imidazole rings is 1. The third kappa shape index (κ3) is 4.78. The highest BCUT2D eigenvalue weighted by atomic mass is 35.5. The second kappa shape index (κ2) is 10.6. The molecule has 2 aromatic heterocycles. The molecule has 8 nitrogen and oxygen atoms in total. The molecular weight excluding hydrogens is 505 g/mol. The van der Waals surface area contributed by atoms with Crippen molar-refractivity contribution >= 4 is 29.1 Å². The van der Waals surface area contributed by atoms with E-state index in [2.05, 4.69) is 35.8 Å². The van der Waals surface area contributed by atoms with Gasteiger partial charge in [0.05, 0.1) is 16.6 Å². The molecule has 1 unspecified atom stereocenters. The van der Waals surface area contributed by atoms with Crippen LogP contribution in [0.4, 0.5) is 16.0 Å². The standard InChI is InChI=1S/C28H33ClFN7O/c1-2-20-24-25(34-28(20)38)31-17-32-27(24)36-11-7-18(8-12-36)26-33-23(19-5-6-22(30)21(29)15-19)16-37(26)14-13-35-9-3-4-10-35/h5-6,15-18,20H,2-4,7-14H2,1H3,(H,31,32,34,38). The molecule has 3 aliphatic heterocycles. The van der Waals surface area contributed by atoms with E-state index >= 15 is 0 Å². The van der Waals surface area contributed by atoms with Crippen molar-refractivity contribution < 1.29 is 9.18 Å². The molecule has 1 aromatic carbocycles. The molecule has 0 radical (unpaired) electrons. The summed E-state index contributed by atoms with van der Waals surface area (Å²) >= 11 is 6.09. The highest BCUT2D eigenvalue weighted by molar-refractivity contribution is 6.31. The lowest BCUT2D eigenvalue weighted by atomic mass is 9.94. The average Bonchev–Trinajstić information content (AvgIpc) is 3.67. The molecule has 1 atom stereocenters. The number of nitrogens with zero attached hydrogens (tertiary/aromatic N) is 6. The summed E-state index contributed by atoms with van der Waals surface area (Å²) < 4.78 is 16.1. The van der Waals surface area contributed by atoms with Crippen LogP contribution >= 0.6 is 11.6 Å². The van der Waals surface area contributed by atoms with E-state index < -0.39 is 5.82 Å². The molecule has 6 rings (SSSR count). The number of likely N-dealkylation sites (tertiary alicyclic amines) is 1. The van der Waals surface area contributed by atoms with E-state index in [0.29, 0.717) is 11.7 Å². The Labute approximate surface area is 227 Å². The summed E-state index contributed by atoms with van der Waals surface area (Å²) in [5.41, 5.74) is 2.59. The lowest BCUT2D eigenvalue weighted by molar-refractivity contribution is -0.117. The third-order valence-electron chi connectivity index (χ3n) is 8.22. The fourth-order valence-corrected chi connectivity index (χ4v) is 6.30. The second-order valence-electron chi connectivity index (χ2n) is 10.5. The number of hydrogen-bond donors (Lipinski definition) is 1. The molecule has 0 saturated carbocycles. The molecule has 2 saturated heterocycles. The van der Waals surface area contributed by atoms with Crippen LogP contribution in [0.5, 0.6) is 0 Å². The van der Waals surface area contributed by atoms with Crippen LogP contribution in [0.3, 0.4) is 0 Å². The summed E-state index contributed by atoms with van der Waals surface area (Å²) in [6, 6.07) is 4.81. The van der Waals surface area contributed by atoms with E-state index in [1.54, 1.807) is 18.5 Å². The first-order valence-corrected chi connectivity index (χ1v) is 14.0. The van der Waals surface area contributed by atoms with E-state index in [9.17, 15) is 9.18 Å². The van der Waals surface area contributed by atoms with Crippen LogP contribution in [0.25, 0.3) is 11.3 Å². The van der Waals surface area contributed by atoms with E-state index in [1.165, 1.54) is 18.9 Å². The maximum atomic E-state index is 13.8. The van der Waals surface area contributed by atoms with Gasteiger partial charge in [0.2, 0.25) is 5.91 Å². The van der Waals surface area contributed by atoms with Crippen molar-refractivity contribution in [2.75, 3.05) is 42.9 Å². The number of carbonyl (C=O) groups excluding carboxylic acids is 1. The molecule has 0 spiro atoms. The highest BCUT2D eigenvalue weighted by Crippen LogP contribution is 2.40. The van der Waals surface area contributed by atoms with Crippen molar-refractivity contribution in [2.24, 2.45) is 0 Å². The number of benzene rings is 1. The number of carbonyl (C=O) groups is 1. The lowest BCUT2D eigenvalue weighted by Crippen LogP contribution is -2.35. The number of piperidine rings is 1. The van der Waals surface area contributed by atoms with Crippen LogP contribution in [0.1, 0.15) is 62.3 Å². The van der Waals surface area contributed by atoms with Crippen LogP contribution in [0.2, 0.25) is 5.02 Å². The quantitative estimate of drug-likeness (QED) is 0.454. The fraction of sp³-hybridized carbons (Fsp3) is 0.500. The van der Waals surface area contributed by atoms with Crippen molar-refractivity contribution in [1.82, 2.24) is 24.4 Å². The van der Waals surface area contributed by atoms with Gasteiger partial charge < -0.3 is 19.7 Å². The summed E-state index contributed by atoms with van der Waals surface area (Å²) in [6.07, 6.45) is 8.76. The molecular formula is C28H33ClFN7O. The van der Waals surface area contributed by atoms with Gasteiger partial charge in [-0.05, 0) is 63.4 Å². The first-order valence-electron chi connectivity index (χ1n) is 13.7. The molecule has 0 aliphatic carbocycles. The van der Waals surface area contributed by atoms with Gasteiger partial charge in [-0.25, -0.2) is 19.3 Å². The Morgan fingerprint density at radius 1 is 1.11 bits per heavy atom. The van der Waals surface area contributed by atoms with Crippen molar-refractivity contribution in [1.29, 1.82) is 0 Å². The normalized spacial score (nSPS) is 20.2. The molecule has 38 heavy (non-hydrogen) atoms. The van der Waals surface area contributed by atoms with Gasteiger partial charge in [-0.2, -0.15) is 0 Å². The Bertz CT molecular complexity index is 1330. The smallest absolute Gasteiger partial charge is 0.233 e. The summed E-state index contributed by atoms with van der Waals surface area (Å²) in [5.74, 6) is 2.28. The van der Waals surface area contributed by atoms with Gasteiger partial charge in [0.25, 0.3) is 0 Å². The SMILES string of the molecule is CCC1C(=O)Nc2ncnc(N3CCC(c4nc(-c5ccc(F)c(Cl)c5)cn4CCN4CCCC4)CC3)c21. The number of halogens is 2. The summed E-state index contributed by atoms with van der Waals surface area (Å²) in [7, 11) is 0. The van der Waals surface area contributed by atoms with Crippen LogP contribution in [-0.4, -0.2) is 63.0 Å². The number of anilines is 2. The minimum absolute atomic E-state index is 0.00703. The molecule has 0 bridgehead atoms. The summed E-state index contributed by atoms with van der Waals surface area (Å²) in [6.45, 7) is 7.87. The molecule has 3 aliphatic rings. The topological polar surface area (TPSA) is 79.2 Å². The average molecular weight is 538 g/mol. The van der Waals surface area contributed by atoms with Crippen LogP contribution < -0.4 is 10.2 Å². The predicted molar refractivity (Wildman–Crippen MR) is 146 cm³/mol. The summed E-state index contributed by atoms with van der Waals surface area (Å²) in [4.78, 5) is 31.2. The zero-order valence-corrected chi connectivity index (χ0v) is 22.4. The number of nitrogens with one attached hydrogen (secondary N) is 1. The van der Waals surface area contributed by atoms with Crippen LogP contribution in [0.15, 0.2) is 30.7 Å². The maximum absolute atomic E-state index is 13.8. The van der Waals surface area contributed by atoms with Crippen molar-refractivity contribution in [3.8, 4) is 11.3 Å². The van der Waals surface area contributed by atoms with E-state index in [0.717, 1.165) is 87.0 Å². The molecule has 10 heteroatoms. The minimum atomic E-state index is -0.421. The van der Waals surface area contributed by atoms with E-state index in [1.807, 2.05) is 6.92 Å². The Balaban J connectivity index is 1.23. The monoisotopic (exact) mass is 537 g/mol. The van der Waals surface area contributed by atoms with Gasteiger partial charge in [-0.3, -0.25) is 4.79 Å². The molecule has 2 fully saturated rings. The van der Waals surface area contributed by atoms with E-state index in [4.69, 9.17) is 16.6 Å². The number of amides is 1. The molecule has 200 valence electrons. The Hall–Kier alpha value is -3.04. The minimum Gasteiger partial charge on any atom is -0.356 e. The Kier molecular flexibility index (Phi) is 7.05. The largest absolute Gasteiger partial charge is 0.356 e. The highest BCUT2D eigenvalue weighted by Gasteiger charge is 2.36. The lowest BCUT2D eigenvalue weighted by Gasteiger charge is -2.34. The second-order valence-corrected chi connectivity index (χ2v) is 10.9. The predicted octanol–water partition coefficient (Wildman–Crippen LogP) is 5.06. The van der Waals surface area contributed by atoms with Crippen molar-refractivity contribution in [2.45, 2.75) is 57.4 Å². The maximum Gasteiger partial charge on any atom is 0.233 e. The van der Waals surface area contributed by atoms with Crippen molar-refractivity contribution in [3.63, 3.8) is 0 Å². The number of fused-ring (bicyclic) bond motifs is 1. The Morgan fingerprint density at radius 2 is 1.89 bits per heavy atom. The molecule has 3 aromatic rings. The number of hydrogen-bond acceptors (Lipinski definition) is 6. The molecule has 5 heterocycles. The van der Waals surface area contributed by atoms with Gasteiger partial charge in [-0.15, -0.1) is 0 Å². The van der Waals surface area contributed by atoms with Gasteiger partial charge in [0.15, 0.2) is 0 Å².